The van der Waals surface area contributed by atoms with Crippen LogP contribution in [0.25, 0.3) is 0 Å². The summed E-state index contributed by atoms with van der Waals surface area (Å²) in [6, 6.07) is 2.26. The van der Waals surface area contributed by atoms with Crippen molar-refractivity contribution in [3.8, 4) is 0 Å². The number of aryl methyl sites for hydroxylation is 1. The quantitative estimate of drug-likeness (QED) is 0.689. The van der Waals surface area contributed by atoms with Crippen LogP contribution < -0.4 is 5.32 Å². The number of alkyl halides is 3. The average Bonchev–Trinajstić information content (AvgIpc) is 2.75. The molecular weight excluding hydrogens is 279 g/mol. The Morgan fingerprint density at radius 1 is 1.40 bits per heavy atom. The number of aliphatic hydroxyl groups excluding tert-OH is 1. The molecule has 0 radical (unpaired) electrons. The van der Waals surface area contributed by atoms with Crippen molar-refractivity contribution in [1.29, 1.82) is 0 Å². The van der Waals surface area contributed by atoms with Gasteiger partial charge in [0.2, 0.25) is 11.5 Å². The minimum Gasteiger partial charge on any atom is -0.463 e. The van der Waals surface area contributed by atoms with E-state index in [-0.39, 0.29) is 25.3 Å². The van der Waals surface area contributed by atoms with E-state index in [0.717, 1.165) is 6.07 Å². The van der Waals surface area contributed by atoms with Crippen LogP contribution in [-0.4, -0.2) is 35.4 Å². The van der Waals surface area contributed by atoms with Gasteiger partial charge in [-0.05, 0) is 25.5 Å². The summed E-state index contributed by atoms with van der Waals surface area (Å²) in [6.45, 7) is 1.27. The Labute approximate surface area is 113 Å². The molecule has 0 fully saturated rings. The molecular formula is C12H16F3NO4. The van der Waals surface area contributed by atoms with Crippen molar-refractivity contribution in [3.05, 3.63) is 23.7 Å². The van der Waals surface area contributed by atoms with E-state index in [9.17, 15) is 23.1 Å². The Morgan fingerprint density at radius 3 is 2.50 bits per heavy atom. The predicted molar refractivity (Wildman–Crippen MR) is 62.7 cm³/mol. The van der Waals surface area contributed by atoms with Crippen molar-refractivity contribution in [2.24, 2.45) is 0 Å². The van der Waals surface area contributed by atoms with Gasteiger partial charge in [-0.2, -0.15) is 13.2 Å². The number of halogens is 3. The molecule has 0 bridgehead atoms. The van der Waals surface area contributed by atoms with E-state index in [0.29, 0.717) is 0 Å². The van der Waals surface area contributed by atoms with Crippen LogP contribution >= 0.6 is 0 Å². The van der Waals surface area contributed by atoms with E-state index in [1.165, 1.54) is 13.0 Å². The highest BCUT2D eigenvalue weighted by Crippen LogP contribution is 2.42. The molecule has 0 saturated carbocycles. The predicted octanol–water partition coefficient (Wildman–Crippen LogP) is 1.23. The number of aliphatic hydroxyl groups is 2. The number of carbonyl (C=O) groups is 1. The van der Waals surface area contributed by atoms with Gasteiger partial charge in [0.1, 0.15) is 11.5 Å². The highest BCUT2D eigenvalue weighted by atomic mass is 19.4. The fourth-order valence-electron chi connectivity index (χ4n) is 1.59. The second kappa shape index (κ2) is 6.27. The van der Waals surface area contributed by atoms with Gasteiger partial charge in [-0.15, -0.1) is 0 Å². The molecule has 0 aliphatic rings. The Bertz CT molecular complexity index is 458. The van der Waals surface area contributed by atoms with Gasteiger partial charge in [-0.25, -0.2) is 0 Å². The highest BCUT2D eigenvalue weighted by Gasteiger charge is 2.58. The largest absolute Gasteiger partial charge is 0.463 e. The summed E-state index contributed by atoms with van der Waals surface area (Å²) in [5.41, 5.74) is -3.37. The lowest BCUT2D eigenvalue weighted by Gasteiger charge is -2.27. The summed E-state index contributed by atoms with van der Waals surface area (Å²) in [6.07, 6.45) is -6.03. The van der Waals surface area contributed by atoms with Crippen LogP contribution in [0.4, 0.5) is 13.2 Å². The maximum atomic E-state index is 13.0. The van der Waals surface area contributed by atoms with Crippen LogP contribution in [0.1, 0.15) is 24.4 Å². The minimum atomic E-state index is -5.05. The molecule has 1 rings (SSSR count). The third-order valence-electron chi connectivity index (χ3n) is 2.69. The minimum absolute atomic E-state index is 0.0282. The number of rotatable bonds is 6. The molecule has 0 aliphatic carbocycles. The lowest BCUT2D eigenvalue weighted by atomic mass is 9.95. The van der Waals surface area contributed by atoms with Gasteiger partial charge in [0.05, 0.1) is 6.42 Å². The molecule has 0 aliphatic heterocycles. The summed E-state index contributed by atoms with van der Waals surface area (Å²) in [5.74, 6) is -1.50. The standard InChI is InChI=1S/C12H16F3NO4/c1-8-3-4-9(20-8)11(19,12(13,14)15)7-10(18)16-5-2-6-17/h3-4,17,19H,2,5-7H2,1H3,(H,16,18). The average molecular weight is 295 g/mol. The first kappa shape index (κ1) is 16.5. The third-order valence-corrected chi connectivity index (χ3v) is 2.69. The van der Waals surface area contributed by atoms with E-state index in [1.807, 2.05) is 0 Å². The fraction of sp³-hybridized carbons (Fsp3) is 0.583. The SMILES string of the molecule is Cc1ccc(C(O)(CC(=O)NCCCO)C(F)(F)F)o1. The van der Waals surface area contributed by atoms with Crippen molar-refractivity contribution in [1.82, 2.24) is 5.32 Å². The van der Waals surface area contributed by atoms with Gasteiger partial charge in [0, 0.05) is 13.2 Å². The van der Waals surface area contributed by atoms with Crippen LogP contribution in [-0.2, 0) is 10.4 Å². The van der Waals surface area contributed by atoms with E-state index in [4.69, 9.17) is 9.52 Å². The van der Waals surface area contributed by atoms with Crippen molar-refractivity contribution in [2.45, 2.75) is 31.5 Å². The van der Waals surface area contributed by atoms with Crippen LogP contribution in [0.5, 0.6) is 0 Å². The van der Waals surface area contributed by atoms with Crippen molar-refractivity contribution >= 4 is 5.91 Å². The summed E-state index contributed by atoms with van der Waals surface area (Å²) in [4.78, 5) is 11.5. The maximum absolute atomic E-state index is 13.0. The second-order valence-electron chi connectivity index (χ2n) is 4.37. The molecule has 0 spiro atoms. The molecule has 5 nitrogen and oxygen atoms in total. The number of nitrogens with one attached hydrogen (secondary N) is 1. The summed E-state index contributed by atoms with van der Waals surface area (Å²) in [5, 5.41) is 20.5. The van der Waals surface area contributed by atoms with E-state index >= 15 is 0 Å². The molecule has 0 saturated heterocycles. The van der Waals surface area contributed by atoms with Gasteiger partial charge in [0.15, 0.2) is 0 Å². The molecule has 1 aromatic heterocycles. The number of carbonyl (C=O) groups excluding carboxylic acids is 1. The van der Waals surface area contributed by atoms with Gasteiger partial charge in [0.25, 0.3) is 0 Å². The molecule has 114 valence electrons. The zero-order valence-electron chi connectivity index (χ0n) is 10.8. The molecule has 0 aromatic carbocycles. The maximum Gasteiger partial charge on any atom is 0.425 e. The van der Waals surface area contributed by atoms with Crippen molar-refractivity contribution < 1.29 is 32.6 Å². The van der Waals surface area contributed by atoms with E-state index in [1.54, 1.807) is 0 Å². The highest BCUT2D eigenvalue weighted by molar-refractivity contribution is 5.77. The normalized spacial score (nSPS) is 14.9. The van der Waals surface area contributed by atoms with Crippen LogP contribution in [0.15, 0.2) is 16.5 Å². The molecule has 1 unspecified atom stereocenters. The summed E-state index contributed by atoms with van der Waals surface area (Å²) < 4.78 is 43.9. The monoisotopic (exact) mass is 295 g/mol. The zero-order valence-corrected chi connectivity index (χ0v) is 10.8. The van der Waals surface area contributed by atoms with Gasteiger partial charge < -0.3 is 19.9 Å². The van der Waals surface area contributed by atoms with Crippen molar-refractivity contribution in [2.75, 3.05) is 13.2 Å². The molecule has 1 amide bonds. The molecule has 1 heterocycles. The Balaban J connectivity index is 2.88. The molecule has 8 heteroatoms. The second-order valence-corrected chi connectivity index (χ2v) is 4.37. The topological polar surface area (TPSA) is 82.7 Å². The van der Waals surface area contributed by atoms with Crippen LogP contribution in [0.2, 0.25) is 0 Å². The lowest BCUT2D eigenvalue weighted by molar-refractivity contribution is -0.273. The molecule has 3 N–H and O–H groups in total. The van der Waals surface area contributed by atoms with Crippen molar-refractivity contribution in [3.63, 3.8) is 0 Å². The van der Waals surface area contributed by atoms with E-state index in [2.05, 4.69) is 5.32 Å². The van der Waals surface area contributed by atoms with Gasteiger partial charge in [-0.1, -0.05) is 0 Å². The van der Waals surface area contributed by atoms with Gasteiger partial charge >= 0.3 is 6.18 Å². The summed E-state index contributed by atoms with van der Waals surface area (Å²) in [7, 11) is 0. The molecule has 1 aromatic rings. The number of furan rings is 1. The summed E-state index contributed by atoms with van der Waals surface area (Å²) >= 11 is 0. The Kier molecular flexibility index (Phi) is 5.18. The fourth-order valence-corrected chi connectivity index (χ4v) is 1.59. The molecule has 1 atom stereocenters. The third kappa shape index (κ3) is 3.73. The number of hydrogen-bond acceptors (Lipinski definition) is 4. The Morgan fingerprint density at radius 2 is 2.05 bits per heavy atom. The first-order valence-corrected chi connectivity index (χ1v) is 5.94. The van der Waals surface area contributed by atoms with Crippen LogP contribution in [0, 0.1) is 6.92 Å². The smallest absolute Gasteiger partial charge is 0.425 e. The first-order chi connectivity index (χ1) is 9.20. The number of hydrogen-bond donors (Lipinski definition) is 3. The van der Waals surface area contributed by atoms with Crippen LogP contribution in [0.3, 0.4) is 0 Å². The Hall–Kier alpha value is -1.54. The first-order valence-electron chi connectivity index (χ1n) is 5.94. The van der Waals surface area contributed by atoms with E-state index < -0.39 is 29.9 Å². The zero-order chi connectivity index (χ0) is 15.4. The molecule has 20 heavy (non-hydrogen) atoms. The number of amides is 1. The van der Waals surface area contributed by atoms with Gasteiger partial charge in [-0.3, -0.25) is 4.79 Å². The lowest BCUT2D eigenvalue weighted by Crippen LogP contribution is -2.46.